The van der Waals surface area contributed by atoms with E-state index in [9.17, 15) is 5.11 Å². The Labute approximate surface area is 239 Å². The Morgan fingerprint density at radius 3 is 0.875 bits per heavy atom. The molecule has 0 saturated heterocycles. The summed E-state index contributed by atoms with van der Waals surface area (Å²) in [5.41, 5.74) is 0. The molecule has 16 heteroatoms. The summed E-state index contributed by atoms with van der Waals surface area (Å²) in [4.78, 5) is 0. The normalized spacial score (nSPS) is 29.2. The number of aliphatic hydroxyl groups is 4. The Bertz CT molecular complexity index is 557. The monoisotopic (exact) mass is 674 g/mol. The van der Waals surface area contributed by atoms with Gasteiger partial charge >= 0.3 is 0 Å². The van der Waals surface area contributed by atoms with E-state index in [0.29, 0.717) is 0 Å². The molecule has 2 unspecified atom stereocenters. The molecule has 5 N–H and O–H groups in total. The summed E-state index contributed by atoms with van der Waals surface area (Å²) in [6, 6.07) is 0. The van der Waals surface area contributed by atoms with Crippen molar-refractivity contribution in [2.45, 2.75) is 44.5 Å². The molecule has 1 aromatic rings. The summed E-state index contributed by atoms with van der Waals surface area (Å²) in [5, 5.41) is 39.6. The van der Waals surface area contributed by atoms with E-state index in [4.69, 9.17) is 148 Å². The first-order valence-corrected chi connectivity index (χ1v) is 12.8. The molecule has 2 atom stereocenters. The van der Waals surface area contributed by atoms with Gasteiger partial charge in [-0.1, -0.05) is 58.0 Å². The predicted molar refractivity (Wildman–Crippen MR) is 137 cm³/mol. The molecule has 1 aliphatic carbocycles. The summed E-state index contributed by atoms with van der Waals surface area (Å²) < 4.78 is 0. The summed E-state index contributed by atoms with van der Waals surface area (Å²) in [7, 11) is 0. The number of benzene rings is 1. The van der Waals surface area contributed by atoms with Crippen LogP contribution in [0.15, 0.2) is 0 Å². The summed E-state index contributed by atoms with van der Waals surface area (Å²) >= 11 is 63.2. The van der Waals surface area contributed by atoms with E-state index in [-0.39, 0.29) is 30.9 Å². The van der Waals surface area contributed by atoms with Crippen LogP contribution in [0, 0.1) is 0 Å². The Morgan fingerprint density at radius 1 is 0.500 bits per heavy atom. The van der Waals surface area contributed by atoms with Crippen LogP contribution < -0.4 is 0 Å². The maximum absolute atomic E-state index is 9.20. The van der Waals surface area contributed by atoms with Crippen molar-refractivity contribution in [3.05, 3.63) is 25.1 Å². The van der Waals surface area contributed by atoms with Gasteiger partial charge in [-0.15, -0.1) is 69.6 Å². The van der Waals surface area contributed by atoms with Crippen molar-refractivity contribution < 1.29 is 25.5 Å². The van der Waals surface area contributed by atoms with Crippen LogP contribution in [0.1, 0.15) is 0 Å². The fraction of sp³-hybridized carbons (Fsp3) is 0.625. The lowest BCUT2D eigenvalue weighted by atomic mass is 9.97. The highest BCUT2D eigenvalue weighted by molar-refractivity contribution is 6.55. The van der Waals surface area contributed by atoms with Gasteiger partial charge in [0.05, 0.1) is 60.5 Å². The third kappa shape index (κ3) is 9.17. The largest absolute Gasteiger partial charge is 0.505 e. The van der Waals surface area contributed by atoms with Gasteiger partial charge in [-0.2, -0.15) is 0 Å². The van der Waals surface area contributed by atoms with Crippen LogP contribution >= 0.6 is 128 Å². The lowest BCUT2D eigenvalue weighted by Crippen LogP contribution is -2.52. The number of aliphatic hydroxyl groups excluding tert-OH is 4. The average molecular weight is 679 g/mol. The fourth-order valence-corrected chi connectivity index (χ4v) is 5.35. The van der Waals surface area contributed by atoms with Crippen molar-refractivity contribution in [3.8, 4) is 5.75 Å². The molecule has 1 aromatic carbocycles. The molecule has 2 rings (SSSR count). The van der Waals surface area contributed by atoms with Gasteiger partial charge in [0.2, 0.25) is 0 Å². The third-order valence-corrected chi connectivity index (χ3v) is 10.1. The SMILES string of the molecule is ClC1C(Cl)C(Cl)C(Cl)C(Cl)C1Cl.OCC(O)C(O)CO.Oc1c(Cl)c(Cl)c(Cl)c(Cl)c1Cl. The van der Waals surface area contributed by atoms with Crippen LogP contribution in [0.25, 0.3) is 0 Å². The molecule has 32 heavy (non-hydrogen) atoms. The molecule has 0 radical (unpaired) electrons. The number of aromatic hydroxyl groups is 1. The standard InChI is InChI=1S/C6H6Cl6.C6HCl5O.C4H10O4/c2*7-1-2(8)4(10)6(12)5(11)3(1)9;5-1-3(7)4(8)2-6/h1-6H;12H;3-8H,1-2H2. The van der Waals surface area contributed by atoms with Crippen LogP contribution in [-0.2, 0) is 0 Å². The molecule has 1 aliphatic rings. The van der Waals surface area contributed by atoms with Crippen LogP contribution in [0.5, 0.6) is 5.75 Å². The van der Waals surface area contributed by atoms with Gasteiger partial charge in [-0.25, -0.2) is 0 Å². The minimum Gasteiger partial charge on any atom is -0.505 e. The van der Waals surface area contributed by atoms with Gasteiger partial charge in [-0.3, -0.25) is 0 Å². The predicted octanol–water partition coefficient (Wildman–Crippen LogP) is 6.00. The van der Waals surface area contributed by atoms with Crippen molar-refractivity contribution >= 4 is 128 Å². The Kier molecular flexibility index (Phi) is 17.0. The van der Waals surface area contributed by atoms with Crippen molar-refractivity contribution in [1.82, 2.24) is 0 Å². The summed E-state index contributed by atoms with van der Waals surface area (Å²) in [5.74, 6) is -0.363. The Hall–Kier alpha value is 2.05. The number of halogens is 11. The molecule has 0 aliphatic heterocycles. The van der Waals surface area contributed by atoms with E-state index >= 15 is 0 Å². The first-order chi connectivity index (χ1) is 14.6. The highest BCUT2D eigenvalue weighted by atomic mass is 35.5. The second-order valence-corrected chi connectivity index (χ2v) is 11.0. The second-order valence-electron chi connectivity index (χ2n) is 6.08. The first-order valence-electron chi connectivity index (χ1n) is 8.28. The summed E-state index contributed by atoms with van der Waals surface area (Å²) in [6.45, 7) is -1.05. The van der Waals surface area contributed by atoms with Gasteiger partial charge in [0.15, 0.2) is 5.75 Å². The summed E-state index contributed by atoms with van der Waals surface area (Å²) in [6.07, 6.45) is -2.44. The minimum absolute atomic E-state index is 0.00904. The van der Waals surface area contributed by atoms with Crippen LogP contribution in [0.3, 0.4) is 0 Å². The van der Waals surface area contributed by atoms with Gasteiger partial charge in [0.1, 0.15) is 22.3 Å². The van der Waals surface area contributed by atoms with Crippen LogP contribution in [0.4, 0.5) is 0 Å². The number of phenolic OH excluding ortho intramolecular Hbond substituents is 1. The van der Waals surface area contributed by atoms with E-state index in [0.717, 1.165) is 0 Å². The van der Waals surface area contributed by atoms with E-state index in [2.05, 4.69) is 0 Å². The van der Waals surface area contributed by atoms with Crippen molar-refractivity contribution in [2.75, 3.05) is 13.2 Å². The first kappa shape index (κ1) is 34.0. The Balaban J connectivity index is 0.000000462. The van der Waals surface area contributed by atoms with Crippen LogP contribution in [0.2, 0.25) is 25.1 Å². The smallest absolute Gasteiger partial charge is 0.155 e. The third-order valence-electron chi connectivity index (χ3n) is 3.83. The molecule has 0 aromatic heterocycles. The average Bonchev–Trinajstić information content (AvgIpc) is 2.80. The molecular formula is C16H17Cl11O5. The lowest BCUT2D eigenvalue weighted by Gasteiger charge is -2.37. The number of hydrogen-bond donors (Lipinski definition) is 5. The topological polar surface area (TPSA) is 101 Å². The highest BCUT2D eigenvalue weighted by Crippen LogP contribution is 2.47. The molecular weight excluding hydrogens is 662 g/mol. The lowest BCUT2D eigenvalue weighted by molar-refractivity contribution is -0.0388. The second kappa shape index (κ2) is 16.0. The zero-order valence-corrected chi connectivity index (χ0v) is 23.7. The quantitative estimate of drug-likeness (QED) is 0.154. The maximum Gasteiger partial charge on any atom is 0.155 e. The van der Waals surface area contributed by atoms with E-state index < -0.39 is 57.7 Å². The highest BCUT2D eigenvalue weighted by Gasteiger charge is 2.46. The molecule has 0 amide bonds. The van der Waals surface area contributed by atoms with Gasteiger partial charge < -0.3 is 25.5 Å². The van der Waals surface area contributed by atoms with Crippen molar-refractivity contribution in [2.24, 2.45) is 0 Å². The van der Waals surface area contributed by atoms with Crippen LogP contribution in [-0.4, -0.2) is 83.2 Å². The molecule has 1 fully saturated rings. The molecule has 188 valence electrons. The van der Waals surface area contributed by atoms with Crippen molar-refractivity contribution in [3.63, 3.8) is 0 Å². The number of phenols is 1. The maximum atomic E-state index is 9.20. The van der Waals surface area contributed by atoms with E-state index in [1.165, 1.54) is 0 Å². The van der Waals surface area contributed by atoms with Gasteiger partial charge in [0, 0.05) is 0 Å². The molecule has 0 bridgehead atoms. The van der Waals surface area contributed by atoms with Gasteiger partial charge in [-0.05, 0) is 0 Å². The van der Waals surface area contributed by atoms with Gasteiger partial charge in [0.25, 0.3) is 0 Å². The molecule has 5 nitrogen and oxygen atoms in total. The molecule has 0 heterocycles. The van der Waals surface area contributed by atoms with E-state index in [1.807, 2.05) is 0 Å². The number of hydrogen-bond acceptors (Lipinski definition) is 5. The molecule has 0 spiro atoms. The molecule has 1 saturated carbocycles. The number of alkyl halides is 6. The Morgan fingerprint density at radius 2 is 0.688 bits per heavy atom. The van der Waals surface area contributed by atoms with Crippen molar-refractivity contribution in [1.29, 1.82) is 0 Å². The number of rotatable bonds is 3. The zero-order chi connectivity index (χ0) is 25.5. The van der Waals surface area contributed by atoms with E-state index in [1.54, 1.807) is 0 Å². The minimum atomic E-state index is -1.22. The fourth-order valence-electron chi connectivity index (χ4n) is 1.89. The zero-order valence-electron chi connectivity index (χ0n) is 15.4.